The smallest absolute Gasteiger partial charge is 0.139 e. The molecule has 3 nitrogen and oxygen atoms in total. The molecule has 0 saturated heterocycles. The minimum atomic E-state index is 0.667. The Labute approximate surface area is 106 Å². The Kier molecular flexibility index (Phi) is 4.04. The molecule has 1 heterocycles. The van der Waals surface area contributed by atoms with Crippen molar-refractivity contribution >= 4 is 11.6 Å². The largest absolute Gasteiger partial charge is 0.497 e. The van der Waals surface area contributed by atoms with Crippen LogP contribution in [0, 0.1) is 0 Å². The van der Waals surface area contributed by atoms with E-state index < -0.39 is 0 Å². The molecule has 2 rings (SSSR count). The zero-order valence-electron chi connectivity index (χ0n) is 9.77. The van der Waals surface area contributed by atoms with Gasteiger partial charge in [0.15, 0.2) is 0 Å². The molecule has 0 saturated carbocycles. The predicted molar refractivity (Wildman–Crippen MR) is 69.6 cm³/mol. The molecule has 1 aromatic heterocycles. The van der Waals surface area contributed by atoms with Gasteiger partial charge in [-0.25, -0.2) is 4.98 Å². The number of methoxy groups -OCH3 is 1. The Hall–Kier alpha value is -1.48. The van der Waals surface area contributed by atoms with Crippen LogP contribution < -0.4 is 4.74 Å². The fraction of sp³-hybridized carbons (Fsp3) is 0.308. The second-order valence-corrected chi connectivity index (χ2v) is 4.09. The Bertz CT molecular complexity index is 465. The zero-order valence-corrected chi connectivity index (χ0v) is 10.5. The van der Waals surface area contributed by atoms with Crippen LogP contribution in [0.25, 0.3) is 11.4 Å². The summed E-state index contributed by atoms with van der Waals surface area (Å²) in [5, 5.41) is 0. The van der Waals surface area contributed by atoms with Gasteiger partial charge in [-0.15, -0.1) is 11.6 Å². The SMILES string of the molecule is COc1ccc(-c2nccn2CCCCl)cc1. The van der Waals surface area contributed by atoms with Crippen LogP contribution in [0.3, 0.4) is 0 Å². The number of hydrogen-bond donors (Lipinski definition) is 0. The highest BCUT2D eigenvalue weighted by Crippen LogP contribution is 2.21. The molecule has 1 aromatic carbocycles. The number of imidazole rings is 1. The lowest BCUT2D eigenvalue weighted by Gasteiger charge is -2.07. The minimum Gasteiger partial charge on any atom is -0.497 e. The van der Waals surface area contributed by atoms with E-state index in [1.807, 2.05) is 36.7 Å². The molecule has 0 N–H and O–H groups in total. The van der Waals surface area contributed by atoms with Crippen molar-refractivity contribution in [2.45, 2.75) is 13.0 Å². The van der Waals surface area contributed by atoms with Crippen molar-refractivity contribution in [3.05, 3.63) is 36.7 Å². The second kappa shape index (κ2) is 5.73. The summed E-state index contributed by atoms with van der Waals surface area (Å²) in [6.07, 6.45) is 4.74. The van der Waals surface area contributed by atoms with Crippen LogP contribution in [0.1, 0.15) is 6.42 Å². The summed E-state index contributed by atoms with van der Waals surface area (Å²) in [6.45, 7) is 0.894. The van der Waals surface area contributed by atoms with Gasteiger partial charge in [-0.3, -0.25) is 0 Å². The highest BCUT2D eigenvalue weighted by atomic mass is 35.5. The summed E-state index contributed by atoms with van der Waals surface area (Å²) < 4.78 is 7.25. The molecule has 4 heteroatoms. The number of ether oxygens (including phenoxy) is 1. The second-order valence-electron chi connectivity index (χ2n) is 3.72. The van der Waals surface area contributed by atoms with Gasteiger partial charge < -0.3 is 9.30 Å². The lowest BCUT2D eigenvalue weighted by atomic mass is 10.2. The van der Waals surface area contributed by atoms with Gasteiger partial charge in [0.05, 0.1) is 7.11 Å². The highest BCUT2D eigenvalue weighted by molar-refractivity contribution is 6.17. The molecule has 0 bridgehead atoms. The first-order valence-electron chi connectivity index (χ1n) is 5.56. The van der Waals surface area contributed by atoms with Gasteiger partial charge in [0, 0.05) is 30.4 Å². The van der Waals surface area contributed by atoms with E-state index in [0.717, 1.165) is 30.1 Å². The maximum absolute atomic E-state index is 5.71. The standard InChI is InChI=1S/C13H15ClN2O/c1-17-12-5-3-11(4-6-12)13-15-8-10-16(13)9-2-7-14/h3-6,8,10H,2,7,9H2,1H3. The summed E-state index contributed by atoms with van der Waals surface area (Å²) in [5.41, 5.74) is 1.09. The summed E-state index contributed by atoms with van der Waals surface area (Å²) in [6, 6.07) is 7.91. The van der Waals surface area contributed by atoms with Crippen LogP contribution in [0.15, 0.2) is 36.7 Å². The fourth-order valence-electron chi connectivity index (χ4n) is 1.72. The third kappa shape index (κ3) is 2.80. The first-order chi connectivity index (χ1) is 8.35. The van der Waals surface area contributed by atoms with E-state index >= 15 is 0 Å². The van der Waals surface area contributed by atoms with E-state index in [2.05, 4.69) is 9.55 Å². The van der Waals surface area contributed by atoms with Crippen molar-refractivity contribution in [3.8, 4) is 17.1 Å². The molecule has 0 amide bonds. The molecule has 17 heavy (non-hydrogen) atoms. The summed E-state index contributed by atoms with van der Waals surface area (Å²) >= 11 is 5.71. The molecule has 90 valence electrons. The fourth-order valence-corrected chi connectivity index (χ4v) is 1.84. The van der Waals surface area contributed by atoms with E-state index in [9.17, 15) is 0 Å². The molecule has 2 aromatic rings. The first kappa shape index (κ1) is 12.0. The molecule has 0 fully saturated rings. The van der Waals surface area contributed by atoms with E-state index in [0.29, 0.717) is 5.88 Å². The third-order valence-corrected chi connectivity index (χ3v) is 2.86. The Balaban J connectivity index is 2.23. The Morgan fingerprint density at radius 2 is 2.06 bits per heavy atom. The summed E-state index contributed by atoms with van der Waals surface area (Å²) in [7, 11) is 1.66. The van der Waals surface area contributed by atoms with Crippen LogP contribution in [0.2, 0.25) is 0 Å². The van der Waals surface area contributed by atoms with Gasteiger partial charge in [-0.05, 0) is 30.7 Å². The predicted octanol–water partition coefficient (Wildman–Crippen LogP) is 3.19. The van der Waals surface area contributed by atoms with Crippen LogP contribution in [0.4, 0.5) is 0 Å². The molecule has 0 aliphatic heterocycles. The van der Waals surface area contributed by atoms with Crippen molar-refractivity contribution in [3.63, 3.8) is 0 Å². The lowest BCUT2D eigenvalue weighted by Crippen LogP contribution is -2.00. The van der Waals surface area contributed by atoms with E-state index in [4.69, 9.17) is 16.3 Å². The maximum Gasteiger partial charge on any atom is 0.139 e. The average Bonchev–Trinajstić information content (AvgIpc) is 2.84. The Morgan fingerprint density at radius 1 is 1.29 bits per heavy atom. The Morgan fingerprint density at radius 3 is 2.71 bits per heavy atom. The molecule has 0 aliphatic carbocycles. The highest BCUT2D eigenvalue weighted by Gasteiger charge is 2.05. The molecule has 0 aliphatic rings. The van der Waals surface area contributed by atoms with Gasteiger partial charge >= 0.3 is 0 Å². The monoisotopic (exact) mass is 250 g/mol. The molecule has 0 spiro atoms. The normalized spacial score (nSPS) is 10.5. The van der Waals surface area contributed by atoms with Crippen molar-refractivity contribution < 1.29 is 4.74 Å². The topological polar surface area (TPSA) is 27.1 Å². The molecular formula is C13H15ClN2O. The van der Waals surface area contributed by atoms with E-state index in [1.54, 1.807) is 7.11 Å². The maximum atomic E-state index is 5.71. The van der Waals surface area contributed by atoms with Crippen molar-refractivity contribution in [2.24, 2.45) is 0 Å². The summed E-state index contributed by atoms with van der Waals surface area (Å²) in [4.78, 5) is 4.37. The molecular weight excluding hydrogens is 236 g/mol. The molecule has 0 atom stereocenters. The van der Waals surface area contributed by atoms with Crippen LogP contribution >= 0.6 is 11.6 Å². The number of alkyl halides is 1. The average molecular weight is 251 g/mol. The summed E-state index contributed by atoms with van der Waals surface area (Å²) in [5.74, 6) is 2.49. The van der Waals surface area contributed by atoms with Gasteiger partial charge in [0.1, 0.15) is 11.6 Å². The van der Waals surface area contributed by atoms with Gasteiger partial charge in [-0.2, -0.15) is 0 Å². The van der Waals surface area contributed by atoms with Gasteiger partial charge in [-0.1, -0.05) is 0 Å². The number of benzene rings is 1. The lowest BCUT2D eigenvalue weighted by molar-refractivity contribution is 0.415. The van der Waals surface area contributed by atoms with E-state index in [1.165, 1.54) is 0 Å². The van der Waals surface area contributed by atoms with Crippen LogP contribution in [-0.4, -0.2) is 22.5 Å². The minimum absolute atomic E-state index is 0.667. The number of aromatic nitrogens is 2. The van der Waals surface area contributed by atoms with Crippen LogP contribution in [-0.2, 0) is 6.54 Å². The van der Waals surface area contributed by atoms with Crippen molar-refractivity contribution in [2.75, 3.05) is 13.0 Å². The van der Waals surface area contributed by atoms with Gasteiger partial charge in [0.25, 0.3) is 0 Å². The van der Waals surface area contributed by atoms with E-state index in [-0.39, 0.29) is 0 Å². The van der Waals surface area contributed by atoms with Crippen LogP contribution in [0.5, 0.6) is 5.75 Å². The van der Waals surface area contributed by atoms with Crippen molar-refractivity contribution in [1.82, 2.24) is 9.55 Å². The number of nitrogens with zero attached hydrogens (tertiary/aromatic N) is 2. The van der Waals surface area contributed by atoms with Gasteiger partial charge in [0.2, 0.25) is 0 Å². The number of halogens is 1. The zero-order chi connectivity index (χ0) is 12.1. The quantitative estimate of drug-likeness (QED) is 0.762. The first-order valence-corrected chi connectivity index (χ1v) is 6.10. The molecule has 0 radical (unpaired) electrons. The number of hydrogen-bond acceptors (Lipinski definition) is 2. The molecule has 0 unspecified atom stereocenters. The number of aryl methyl sites for hydroxylation is 1. The number of rotatable bonds is 5. The van der Waals surface area contributed by atoms with Crippen molar-refractivity contribution in [1.29, 1.82) is 0 Å². The third-order valence-electron chi connectivity index (χ3n) is 2.60.